The number of nitrogens with zero attached hydrogens (tertiary/aromatic N) is 5. The summed E-state index contributed by atoms with van der Waals surface area (Å²) in [7, 11) is 2.04. The number of nitrogens with one attached hydrogen (secondary N) is 1. The molecule has 1 aromatic rings. The van der Waals surface area contributed by atoms with Crippen LogP contribution in [0.1, 0.15) is 66.1 Å². The number of carbonyl (C=O) groups is 2. The van der Waals surface area contributed by atoms with E-state index in [-0.39, 0.29) is 24.4 Å². The van der Waals surface area contributed by atoms with Gasteiger partial charge >= 0.3 is 6.09 Å². The predicted octanol–water partition coefficient (Wildman–Crippen LogP) is 3.19. The molecule has 1 aromatic heterocycles. The van der Waals surface area contributed by atoms with E-state index in [0.29, 0.717) is 32.0 Å². The van der Waals surface area contributed by atoms with Crippen LogP contribution in [-0.2, 0) is 22.5 Å². The first kappa shape index (κ1) is 30.0. The van der Waals surface area contributed by atoms with E-state index in [2.05, 4.69) is 39.0 Å². The van der Waals surface area contributed by atoms with Gasteiger partial charge in [0.2, 0.25) is 0 Å². The van der Waals surface area contributed by atoms with Gasteiger partial charge in [-0.15, -0.1) is 0 Å². The fraction of sp³-hybridized carbons (Fsp3) is 0.640. The fourth-order valence-corrected chi connectivity index (χ4v) is 3.09. The molecule has 0 aromatic carbocycles. The first-order valence-corrected chi connectivity index (χ1v) is 12.2. The molecule has 2 rings (SSSR count). The molecule has 196 valence electrons. The van der Waals surface area contributed by atoms with Crippen molar-refractivity contribution in [2.24, 2.45) is 10.7 Å². The van der Waals surface area contributed by atoms with Crippen molar-refractivity contribution >= 4 is 24.2 Å². The van der Waals surface area contributed by atoms with Crippen LogP contribution >= 0.6 is 0 Å². The lowest BCUT2D eigenvalue weighted by atomic mass is 10.1. The smallest absolute Gasteiger partial charge is 0.410 e. The summed E-state index contributed by atoms with van der Waals surface area (Å²) in [5.41, 5.74) is 8.10. The van der Waals surface area contributed by atoms with E-state index in [1.807, 2.05) is 41.7 Å². The first-order valence-electron chi connectivity index (χ1n) is 12.2. The number of hydrogen-bond acceptors (Lipinski definition) is 8. The molecule has 0 saturated heterocycles. The molecule has 0 fully saturated rings. The second-order valence-electron chi connectivity index (χ2n) is 9.37. The molecular formula is C25H43N7O3. The van der Waals surface area contributed by atoms with Crippen molar-refractivity contribution in [3.8, 4) is 0 Å². The second kappa shape index (κ2) is 14.4. The van der Waals surface area contributed by atoms with E-state index in [1.54, 1.807) is 17.2 Å². The fourth-order valence-electron chi connectivity index (χ4n) is 3.09. The van der Waals surface area contributed by atoms with Gasteiger partial charge in [-0.3, -0.25) is 0 Å². The molecule has 0 unspecified atom stereocenters. The van der Waals surface area contributed by atoms with Crippen molar-refractivity contribution in [1.29, 1.82) is 0 Å². The van der Waals surface area contributed by atoms with Crippen LogP contribution in [0.4, 0.5) is 10.7 Å². The summed E-state index contributed by atoms with van der Waals surface area (Å²) in [5, 5.41) is 3.07. The Labute approximate surface area is 210 Å². The molecule has 1 aliphatic rings. The Morgan fingerprint density at radius 1 is 1.37 bits per heavy atom. The molecule has 10 nitrogen and oxygen atoms in total. The molecule has 35 heavy (non-hydrogen) atoms. The number of nitrogens with two attached hydrogens (primary N) is 1. The van der Waals surface area contributed by atoms with Crippen LogP contribution in [0.2, 0.25) is 0 Å². The molecule has 2 heterocycles. The predicted molar refractivity (Wildman–Crippen MR) is 140 cm³/mol. The monoisotopic (exact) mass is 489 g/mol. The summed E-state index contributed by atoms with van der Waals surface area (Å²) in [4.78, 5) is 40.2. The van der Waals surface area contributed by atoms with Gasteiger partial charge in [-0.1, -0.05) is 13.8 Å². The van der Waals surface area contributed by atoms with Crippen LogP contribution in [0, 0.1) is 0 Å². The Hall–Kier alpha value is -3.01. The van der Waals surface area contributed by atoms with Gasteiger partial charge in [-0.2, -0.15) is 4.99 Å². The van der Waals surface area contributed by atoms with Crippen LogP contribution in [0.25, 0.3) is 0 Å². The minimum absolute atomic E-state index is 0.195. The Morgan fingerprint density at radius 3 is 2.66 bits per heavy atom. The first-order chi connectivity index (χ1) is 16.5. The minimum atomic E-state index is -0.557. The molecule has 1 aliphatic heterocycles. The third kappa shape index (κ3) is 10.9. The zero-order valence-corrected chi connectivity index (χ0v) is 22.6. The van der Waals surface area contributed by atoms with E-state index in [1.165, 1.54) is 0 Å². The highest BCUT2D eigenvalue weighted by atomic mass is 16.6. The molecule has 0 aliphatic carbocycles. The third-order valence-electron chi connectivity index (χ3n) is 5.16. The number of amidine groups is 1. The molecule has 0 saturated carbocycles. The number of aldehydes is 1. The Bertz CT molecular complexity index is 892. The Morgan fingerprint density at radius 2 is 2.06 bits per heavy atom. The van der Waals surface area contributed by atoms with Gasteiger partial charge in [0.15, 0.2) is 0 Å². The van der Waals surface area contributed by atoms with Crippen molar-refractivity contribution in [3.05, 3.63) is 29.2 Å². The minimum Gasteiger partial charge on any atom is -0.444 e. The number of hydrogen-bond donors (Lipinski definition) is 2. The highest BCUT2D eigenvalue weighted by molar-refractivity contribution is 5.93. The van der Waals surface area contributed by atoms with Crippen LogP contribution in [-0.4, -0.2) is 76.3 Å². The Kier molecular flexibility index (Phi) is 12.4. The zero-order chi connectivity index (χ0) is 26.6. The van der Waals surface area contributed by atoms with Crippen molar-refractivity contribution in [1.82, 2.24) is 25.1 Å². The number of fused-ring (bicyclic) bond motifs is 1. The standard InChI is InChI=1S/C23H37N7O3.C2H6/c1-16(2)29(6)10-8-18(25-9-12-31)13-20(24)28-21-26-14-17-7-11-30(15-19(17)27-21)22(32)33-23(3,4)5;1-2/h12-14,16,25H,7-11,15H2,1-6H3,(H2,24,26,27,28);1-2H3/b18-13-;. The average molecular weight is 490 g/mol. The zero-order valence-electron chi connectivity index (χ0n) is 22.6. The van der Waals surface area contributed by atoms with Crippen molar-refractivity contribution < 1.29 is 14.3 Å². The maximum absolute atomic E-state index is 12.4. The van der Waals surface area contributed by atoms with Crippen LogP contribution in [0.15, 0.2) is 23.0 Å². The molecule has 0 atom stereocenters. The highest BCUT2D eigenvalue weighted by Gasteiger charge is 2.26. The van der Waals surface area contributed by atoms with Gasteiger partial charge in [0.05, 0.1) is 18.8 Å². The summed E-state index contributed by atoms with van der Waals surface area (Å²) < 4.78 is 5.47. The van der Waals surface area contributed by atoms with E-state index in [0.717, 1.165) is 29.8 Å². The topological polar surface area (TPSA) is 126 Å². The van der Waals surface area contributed by atoms with Gasteiger partial charge in [-0.25, -0.2) is 14.8 Å². The average Bonchev–Trinajstić information content (AvgIpc) is 2.80. The Balaban J connectivity index is 0.00000298. The van der Waals surface area contributed by atoms with E-state index in [4.69, 9.17) is 10.5 Å². The summed E-state index contributed by atoms with van der Waals surface area (Å²) in [5.74, 6) is 0.456. The van der Waals surface area contributed by atoms with E-state index >= 15 is 0 Å². The van der Waals surface area contributed by atoms with Gasteiger partial charge in [-0.05, 0) is 66.1 Å². The van der Waals surface area contributed by atoms with Crippen molar-refractivity contribution in [3.63, 3.8) is 0 Å². The lowest BCUT2D eigenvalue weighted by Gasteiger charge is -2.30. The SMILES string of the molecule is CC.CC(C)N(C)CC/C(=C/C(N)=N\c1ncc2c(n1)CN(C(=O)OC(C)(C)C)CC2)NCC=O. The quantitative estimate of drug-likeness (QED) is 0.308. The number of rotatable bonds is 9. The molecule has 0 radical (unpaired) electrons. The number of carbonyl (C=O) groups excluding carboxylic acids is 2. The molecule has 10 heteroatoms. The maximum Gasteiger partial charge on any atom is 0.410 e. The molecule has 1 amide bonds. The van der Waals surface area contributed by atoms with E-state index < -0.39 is 5.60 Å². The number of aliphatic imine (C=N–C) groups is 1. The molecular weight excluding hydrogens is 446 g/mol. The van der Waals surface area contributed by atoms with Gasteiger partial charge in [0.25, 0.3) is 5.95 Å². The second-order valence-corrected chi connectivity index (χ2v) is 9.37. The number of amides is 1. The largest absolute Gasteiger partial charge is 0.444 e. The lowest BCUT2D eigenvalue weighted by molar-refractivity contribution is -0.107. The number of aromatic nitrogens is 2. The van der Waals surface area contributed by atoms with Crippen molar-refractivity contribution in [2.45, 2.75) is 79.5 Å². The maximum atomic E-state index is 12.4. The molecule has 3 N–H and O–H groups in total. The third-order valence-corrected chi connectivity index (χ3v) is 5.16. The summed E-state index contributed by atoms with van der Waals surface area (Å²) in [6.45, 7) is 15.6. The molecule has 0 spiro atoms. The summed E-state index contributed by atoms with van der Waals surface area (Å²) in [6, 6.07) is 0.410. The number of ether oxygens (including phenoxy) is 1. The van der Waals surface area contributed by atoms with E-state index in [9.17, 15) is 9.59 Å². The van der Waals surface area contributed by atoms with Crippen LogP contribution in [0.5, 0.6) is 0 Å². The summed E-state index contributed by atoms with van der Waals surface area (Å²) in [6.07, 6.45) is 5.21. The lowest BCUT2D eigenvalue weighted by Crippen LogP contribution is -2.40. The van der Waals surface area contributed by atoms with Crippen LogP contribution in [0.3, 0.4) is 0 Å². The summed E-state index contributed by atoms with van der Waals surface area (Å²) >= 11 is 0. The highest BCUT2D eigenvalue weighted by Crippen LogP contribution is 2.21. The molecule has 0 bridgehead atoms. The van der Waals surface area contributed by atoms with Gasteiger partial charge < -0.3 is 30.4 Å². The normalized spacial score (nSPS) is 14.3. The van der Waals surface area contributed by atoms with Crippen molar-refractivity contribution in [2.75, 3.05) is 26.7 Å². The van der Waals surface area contributed by atoms with Crippen LogP contribution < -0.4 is 11.1 Å². The van der Waals surface area contributed by atoms with Gasteiger partial charge in [0, 0.05) is 31.0 Å². The van der Waals surface area contributed by atoms with Gasteiger partial charge in [0.1, 0.15) is 17.7 Å².